The number of hydrogen-bond donors (Lipinski definition) is 0. The summed E-state index contributed by atoms with van der Waals surface area (Å²) in [5.41, 5.74) is 0.628. The van der Waals surface area contributed by atoms with Crippen LogP contribution in [0.2, 0.25) is 0 Å². The van der Waals surface area contributed by atoms with E-state index in [2.05, 4.69) is 27.9 Å². The van der Waals surface area contributed by atoms with E-state index in [1.807, 2.05) is 20.8 Å². The molecule has 0 radical (unpaired) electrons. The van der Waals surface area contributed by atoms with Crippen molar-refractivity contribution >= 4 is 11.9 Å². The minimum Gasteiger partial charge on any atom is -0.444 e. The lowest BCUT2D eigenvalue weighted by Gasteiger charge is -2.40. The van der Waals surface area contributed by atoms with Crippen LogP contribution in [0.15, 0.2) is 12.4 Å². The van der Waals surface area contributed by atoms with Crippen molar-refractivity contribution in [2.75, 3.05) is 37.7 Å². The summed E-state index contributed by atoms with van der Waals surface area (Å²) in [5.74, 6) is 1.39. The van der Waals surface area contributed by atoms with Gasteiger partial charge in [0.15, 0.2) is 0 Å². The van der Waals surface area contributed by atoms with Crippen LogP contribution in [0.4, 0.5) is 10.6 Å². The van der Waals surface area contributed by atoms with Crippen molar-refractivity contribution in [1.82, 2.24) is 14.9 Å². The number of rotatable bonds is 2. The van der Waals surface area contributed by atoms with Gasteiger partial charge in [0.2, 0.25) is 0 Å². The van der Waals surface area contributed by atoms with E-state index in [0.29, 0.717) is 19.0 Å². The fraction of sp³-hybridized carbons (Fsp3) is 0.737. The second kappa shape index (κ2) is 7.78. The molecular weight excluding hydrogens is 332 g/mol. The molecule has 0 spiro atoms. The first-order valence-corrected chi connectivity index (χ1v) is 9.48. The molecule has 1 atom stereocenters. The number of piperazine rings is 1. The molecule has 0 aromatic carbocycles. The molecule has 1 aromatic heterocycles. The lowest BCUT2D eigenvalue weighted by molar-refractivity contribution is 0.0218. The quantitative estimate of drug-likeness (QED) is 0.806. The molecule has 0 unspecified atom stereocenters. The van der Waals surface area contributed by atoms with Gasteiger partial charge in [0.05, 0.1) is 0 Å². The van der Waals surface area contributed by atoms with Crippen LogP contribution in [0.1, 0.15) is 52.1 Å². The number of aromatic nitrogens is 2. The Hall–Kier alpha value is -1.89. The lowest BCUT2D eigenvalue weighted by atomic mass is 9.96. The zero-order valence-corrected chi connectivity index (χ0v) is 16.3. The van der Waals surface area contributed by atoms with E-state index in [1.165, 1.54) is 0 Å². The largest absolute Gasteiger partial charge is 0.444 e. The Morgan fingerprint density at radius 2 is 1.96 bits per heavy atom. The van der Waals surface area contributed by atoms with Gasteiger partial charge in [0.25, 0.3) is 0 Å². The van der Waals surface area contributed by atoms with Gasteiger partial charge in [-0.3, -0.25) is 0 Å². The van der Waals surface area contributed by atoms with Gasteiger partial charge in [-0.1, -0.05) is 0 Å². The Labute approximate surface area is 155 Å². The van der Waals surface area contributed by atoms with Crippen LogP contribution in [0.3, 0.4) is 0 Å². The summed E-state index contributed by atoms with van der Waals surface area (Å²) in [6.07, 6.45) is 3.44. The van der Waals surface area contributed by atoms with E-state index in [0.717, 1.165) is 44.1 Å². The first-order valence-electron chi connectivity index (χ1n) is 9.48. The first kappa shape index (κ1) is 18.9. The molecule has 26 heavy (non-hydrogen) atoms. The summed E-state index contributed by atoms with van der Waals surface area (Å²) >= 11 is 0. The Balaban J connectivity index is 1.65. The second-order valence-electron chi connectivity index (χ2n) is 8.16. The molecule has 2 saturated heterocycles. The average molecular weight is 362 g/mol. The normalized spacial score (nSPS) is 22.4. The maximum absolute atomic E-state index is 12.3. The molecule has 0 N–H and O–H groups in total. The molecule has 1 aromatic rings. The smallest absolute Gasteiger partial charge is 0.410 e. The summed E-state index contributed by atoms with van der Waals surface area (Å²) in [6.45, 7) is 11.4. The van der Waals surface area contributed by atoms with Crippen LogP contribution in [0.5, 0.6) is 0 Å². The SMILES string of the molecule is C[C@@H]1CN(C(=O)OC(C)(C)C)CCN1c1cc(C2CCOCC2)ncn1. The predicted octanol–water partition coefficient (Wildman–Crippen LogP) is 2.82. The molecule has 2 fully saturated rings. The van der Waals surface area contributed by atoms with Crippen LogP contribution < -0.4 is 4.90 Å². The van der Waals surface area contributed by atoms with Crippen molar-refractivity contribution in [2.24, 2.45) is 0 Å². The van der Waals surface area contributed by atoms with Crippen LogP contribution in [0, 0.1) is 0 Å². The molecule has 7 nitrogen and oxygen atoms in total. The maximum Gasteiger partial charge on any atom is 0.410 e. The Morgan fingerprint density at radius 3 is 2.62 bits per heavy atom. The van der Waals surface area contributed by atoms with Crippen molar-refractivity contribution in [3.8, 4) is 0 Å². The van der Waals surface area contributed by atoms with Gasteiger partial charge in [-0.25, -0.2) is 14.8 Å². The highest BCUT2D eigenvalue weighted by molar-refractivity contribution is 5.68. The highest BCUT2D eigenvalue weighted by Crippen LogP contribution is 2.28. The van der Waals surface area contributed by atoms with Crippen molar-refractivity contribution < 1.29 is 14.3 Å². The number of nitrogens with zero attached hydrogens (tertiary/aromatic N) is 4. The number of hydrogen-bond acceptors (Lipinski definition) is 6. The third-order valence-corrected chi connectivity index (χ3v) is 4.89. The number of anilines is 1. The van der Waals surface area contributed by atoms with Gasteiger partial charge < -0.3 is 19.3 Å². The highest BCUT2D eigenvalue weighted by atomic mass is 16.6. The average Bonchev–Trinajstić information content (AvgIpc) is 2.61. The minimum atomic E-state index is -0.470. The van der Waals surface area contributed by atoms with Crippen LogP contribution in [-0.4, -0.2) is 65.5 Å². The Morgan fingerprint density at radius 1 is 1.23 bits per heavy atom. The fourth-order valence-electron chi connectivity index (χ4n) is 3.53. The lowest BCUT2D eigenvalue weighted by Crippen LogP contribution is -2.54. The van der Waals surface area contributed by atoms with E-state index in [1.54, 1.807) is 11.2 Å². The molecular formula is C19H30N4O3. The van der Waals surface area contributed by atoms with Gasteiger partial charge in [0, 0.05) is 56.6 Å². The van der Waals surface area contributed by atoms with E-state index < -0.39 is 5.60 Å². The van der Waals surface area contributed by atoms with Gasteiger partial charge in [-0.2, -0.15) is 0 Å². The van der Waals surface area contributed by atoms with Gasteiger partial charge in [-0.05, 0) is 40.5 Å². The van der Waals surface area contributed by atoms with Crippen LogP contribution in [0.25, 0.3) is 0 Å². The third kappa shape index (κ3) is 4.63. The number of carbonyl (C=O) groups excluding carboxylic acids is 1. The topological polar surface area (TPSA) is 67.8 Å². The van der Waals surface area contributed by atoms with Crippen molar-refractivity contribution in [1.29, 1.82) is 0 Å². The van der Waals surface area contributed by atoms with Gasteiger partial charge >= 0.3 is 6.09 Å². The predicted molar refractivity (Wildman–Crippen MR) is 99.4 cm³/mol. The zero-order valence-electron chi connectivity index (χ0n) is 16.3. The van der Waals surface area contributed by atoms with Gasteiger partial charge in [0.1, 0.15) is 17.7 Å². The molecule has 3 rings (SSSR count). The Kier molecular flexibility index (Phi) is 5.65. The second-order valence-corrected chi connectivity index (χ2v) is 8.16. The summed E-state index contributed by atoms with van der Waals surface area (Å²) in [7, 11) is 0. The van der Waals surface area contributed by atoms with Crippen LogP contribution >= 0.6 is 0 Å². The third-order valence-electron chi connectivity index (χ3n) is 4.89. The molecule has 0 aliphatic carbocycles. The maximum atomic E-state index is 12.3. The number of ether oxygens (including phenoxy) is 2. The molecule has 144 valence electrons. The summed E-state index contributed by atoms with van der Waals surface area (Å²) < 4.78 is 10.9. The molecule has 2 aliphatic rings. The monoisotopic (exact) mass is 362 g/mol. The molecule has 2 aliphatic heterocycles. The summed E-state index contributed by atoms with van der Waals surface area (Å²) in [5, 5.41) is 0. The van der Waals surface area contributed by atoms with E-state index >= 15 is 0 Å². The molecule has 1 amide bonds. The first-order chi connectivity index (χ1) is 12.3. The van der Waals surface area contributed by atoms with Crippen molar-refractivity contribution in [3.05, 3.63) is 18.1 Å². The molecule has 7 heteroatoms. The van der Waals surface area contributed by atoms with E-state index in [9.17, 15) is 4.79 Å². The van der Waals surface area contributed by atoms with E-state index in [4.69, 9.17) is 9.47 Å². The molecule has 3 heterocycles. The summed E-state index contributed by atoms with van der Waals surface area (Å²) in [6, 6.07) is 2.28. The van der Waals surface area contributed by atoms with Gasteiger partial charge in [-0.15, -0.1) is 0 Å². The Bertz CT molecular complexity index is 625. The van der Waals surface area contributed by atoms with Crippen molar-refractivity contribution in [2.45, 2.75) is 58.1 Å². The summed E-state index contributed by atoms with van der Waals surface area (Å²) in [4.78, 5) is 25.3. The van der Waals surface area contributed by atoms with E-state index in [-0.39, 0.29) is 12.1 Å². The minimum absolute atomic E-state index is 0.175. The number of amides is 1. The molecule has 0 bridgehead atoms. The fourth-order valence-corrected chi connectivity index (χ4v) is 3.53. The zero-order chi connectivity index (χ0) is 18.7. The highest BCUT2D eigenvalue weighted by Gasteiger charge is 2.31. The standard InChI is InChI=1S/C19H30N4O3/c1-14-12-22(18(24)26-19(2,3)4)7-8-23(14)17-11-16(20-13-21-17)15-5-9-25-10-6-15/h11,13-15H,5-10,12H2,1-4H3/t14-/m1/s1. The van der Waals surface area contributed by atoms with Crippen LogP contribution in [-0.2, 0) is 9.47 Å². The number of carbonyl (C=O) groups is 1. The molecule has 0 saturated carbocycles. The van der Waals surface area contributed by atoms with Crippen molar-refractivity contribution in [3.63, 3.8) is 0 Å².